The highest BCUT2D eigenvalue weighted by Crippen LogP contribution is 2.06. The summed E-state index contributed by atoms with van der Waals surface area (Å²) in [6, 6.07) is 0.271. The molecule has 0 saturated carbocycles. The summed E-state index contributed by atoms with van der Waals surface area (Å²) in [6.45, 7) is 0. The van der Waals surface area contributed by atoms with Gasteiger partial charge in [0.2, 0.25) is 5.91 Å². The number of hydrogen-bond acceptors (Lipinski definition) is 1. The molecule has 0 aromatic heterocycles. The number of rotatable bonds is 1. The summed E-state index contributed by atoms with van der Waals surface area (Å²) in [5.41, 5.74) is 0. The molecule has 1 atom stereocenters. The first-order valence-corrected chi connectivity index (χ1v) is 2.56. The van der Waals surface area contributed by atoms with Crippen LogP contribution in [-0.4, -0.2) is 11.9 Å². The molecule has 1 saturated heterocycles. The highest BCUT2D eigenvalue weighted by Gasteiger charge is 2.23. The second-order valence-electron chi connectivity index (χ2n) is 1.88. The van der Waals surface area contributed by atoms with Gasteiger partial charge in [-0.25, -0.2) is 0 Å². The summed E-state index contributed by atoms with van der Waals surface area (Å²) in [5.74, 6) is 2.59. The molecular weight excluding hydrogens is 102 g/mol. The molecule has 1 aliphatic rings. The van der Waals surface area contributed by atoms with Crippen LogP contribution in [0, 0.1) is 12.3 Å². The predicted molar refractivity (Wildman–Crippen MR) is 30.0 cm³/mol. The first-order valence-electron chi connectivity index (χ1n) is 2.56. The predicted octanol–water partition coefficient (Wildman–Crippen LogP) is -0.102. The first kappa shape index (κ1) is 5.17. The molecule has 1 amide bonds. The number of hydrogen-bond donors (Lipinski definition) is 1. The smallest absolute Gasteiger partial charge is 0.222 e. The lowest BCUT2D eigenvalue weighted by Crippen LogP contribution is -2.47. The normalized spacial score (nSPS) is 25.4. The molecule has 0 unspecified atom stereocenters. The lowest BCUT2D eigenvalue weighted by atomic mass is 10.0. The van der Waals surface area contributed by atoms with Crippen LogP contribution in [0.25, 0.3) is 0 Å². The van der Waals surface area contributed by atoms with Crippen molar-refractivity contribution in [3.05, 3.63) is 0 Å². The van der Waals surface area contributed by atoms with Crippen molar-refractivity contribution < 1.29 is 4.79 Å². The van der Waals surface area contributed by atoms with Crippen LogP contribution in [0.15, 0.2) is 0 Å². The Morgan fingerprint density at radius 2 is 2.62 bits per heavy atom. The van der Waals surface area contributed by atoms with Gasteiger partial charge < -0.3 is 5.32 Å². The minimum atomic E-state index is 0.116. The van der Waals surface area contributed by atoms with E-state index in [9.17, 15) is 4.79 Å². The van der Waals surface area contributed by atoms with Crippen LogP contribution in [-0.2, 0) is 4.79 Å². The largest absolute Gasteiger partial charge is 0.352 e. The Balaban J connectivity index is 2.18. The Bertz CT molecular complexity index is 137. The van der Waals surface area contributed by atoms with Crippen molar-refractivity contribution in [2.75, 3.05) is 0 Å². The van der Waals surface area contributed by atoms with Crippen molar-refractivity contribution in [2.24, 2.45) is 0 Å². The summed E-state index contributed by atoms with van der Waals surface area (Å²) in [5, 5.41) is 2.66. The Kier molecular flexibility index (Phi) is 1.21. The zero-order chi connectivity index (χ0) is 5.98. The molecule has 0 radical (unpaired) electrons. The fourth-order valence-corrected chi connectivity index (χ4v) is 0.696. The van der Waals surface area contributed by atoms with Crippen LogP contribution in [0.4, 0.5) is 0 Å². The van der Waals surface area contributed by atoms with Crippen molar-refractivity contribution in [2.45, 2.75) is 18.9 Å². The second-order valence-corrected chi connectivity index (χ2v) is 1.88. The van der Waals surface area contributed by atoms with Crippen LogP contribution in [0.1, 0.15) is 12.8 Å². The first-order chi connectivity index (χ1) is 3.83. The average Bonchev–Trinajstić information content (AvgIpc) is 1.64. The number of terminal acetylenes is 1. The lowest BCUT2D eigenvalue weighted by molar-refractivity contribution is -0.127. The standard InChI is InChI=1S/C6H7NO/c1-2-3-5-4-6(8)7-5/h1,5H,3-4H2,(H,7,8)/t5-/m1/s1. The summed E-state index contributed by atoms with van der Waals surface area (Å²) >= 11 is 0. The third-order valence-electron chi connectivity index (χ3n) is 1.16. The second kappa shape index (κ2) is 1.87. The summed E-state index contributed by atoms with van der Waals surface area (Å²) in [7, 11) is 0. The van der Waals surface area contributed by atoms with Gasteiger partial charge in [0.05, 0.1) is 0 Å². The quantitative estimate of drug-likeness (QED) is 0.369. The van der Waals surface area contributed by atoms with Crippen molar-refractivity contribution in [1.29, 1.82) is 0 Å². The van der Waals surface area contributed by atoms with E-state index in [0.29, 0.717) is 12.8 Å². The zero-order valence-electron chi connectivity index (χ0n) is 4.48. The Morgan fingerprint density at radius 3 is 3.00 bits per heavy atom. The third-order valence-corrected chi connectivity index (χ3v) is 1.16. The molecule has 8 heavy (non-hydrogen) atoms. The van der Waals surface area contributed by atoms with E-state index >= 15 is 0 Å². The van der Waals surface area contributed by atoms with Crippen molar-refractivity contribution in [3.63, 3.8) is 0 Å². The van der Waals surface area contributed by atoms with E-state index in [1.807, 2.05) is 0 Å². The number of amides is 1. The SMILES string of the molecule is C#CC[C@@H]1CC(=O)N1. The molecule has 1 fully saturated rings. The maximum Gasteiger partial charge on any atom is 0.222 e. The van der Waals surface area contributed by atoms with Crippen molar-refractivity contribution in [1.82, 2.24) is 5.32 Å². The third kappa shape index (κ3) is 0.812. The van der Waals surface area contributed by atoms with Gasteiger partial charge in [-0.15, -0.1) is 12.3 Å². The van der Waals surface area contributed by atoms with E-state index in [-0.39, 0.29) is 11.9 Å². The minimum Gasteiger partial charge on any atom is -0.352 e. The highest BCUT2D eigenvalue weighted by atomic mass is 16.2. The van der Waals surface area contributed by atoms with E-state index in [0.717, 1.165) is 0 Å². The van der Waals surface area contributed by atoms with E-state index in [4.69, 9.17) is 6.42 Å². The summed E-state index contributed by atoms with van der Waals surface area (Å²) in [4.78, 5) is 10.2. The molecular formula is C6H7NO. The van der Waals surface area contributed by atoms with E-state index in [1.54, 1.807) is 0 Å². The molecule has 0 aromatic rings. The van der Waals surface area contributed by atoms with Crippen molar-refractivity contribution in [3.8, 4) is 12.3 Å². The molecule has 2 heteroatoms. The topological polar surface area (TPSA) is 29.1 Å². The lowest BCUT2D eigenvalue weighted by Gasteiger charge is -2.24. The van der Waals surface area contributed by atoms with Gasteiger partial charge in [-0.1, -0.05) is 0 Å². The molecule has 1 heterocycles. The van der Waals surface area contributed by atoms with Gasteiger partial charge in [0, 0.05) is 18.9 Å². The Hall–Kier alpha value is -0.970. The molecule has 0 aliphatic carbocycles. The van der Waals surface area contributed by atoms with Gasteiger partial charge >= 0.3 is 0 Å². The molecule has 1 aliphatic heterocycles. The van der Waals surface area contributed by atoms with Gasteiger partial charge in [-0.3, -0.25) is 4.79 Å². The fourth-order valence-electron chi connectivity index (χ4n) is 0.696. The highest BCUT2D eigenvalue weighted by molar-refractivity contribution is 5.82. The summed E-state index contributed by atoms with van der Waals surface area (Å²) < 4.78 is 0. The molecule has 42 valence electrons. The Morgan fingerprint density at radius 1 is 2.00 bits per heavy atom. The van der Waals surface area contributed by atoms with Crippen LogP contribution >= 0.6 is 0 Å². The fraction of sp³-hybridized carbons (Fsp3) is 0.500. The van der Waals surface area contributed by atoms with Gasteiger partial charge in [0.25, 0.3) is 0 Å². The van der Waals surface area contributed by atoms with E-state index < -0.39 is 0 Å². The van der Waals surface area contributed by atoms with Gasteiger partial charge in [-0.05, 0) is 0 Å². The molecule has 1 N–H and O–H groups in total. The Labute approximate surface area is 48.3 Å². The minimum absolute atomic E-state index is 0.116. The van der Waals surface area contributed by atoms with E-state index in [2.05, 4.69) is 11.2 Å². The van der Waals surface area contributed by atoms with Crippen LogP contribution in [0.5, 0.6) is 0 Å². The molecule has 1 rings (SSSR count). The number of nitrogens with one attached hydrogen (secondary N) is 1. The number of carbonyl (C=O) groups excluding carboxylic acids is 1. The van der Waals surface area contributed by atoms with Crippen LogP contribution in [0.3, 0.4) is 0 Å². The van der Waals surface area contributed by atoms with Gasteiger partial charge in [-0.2, -0.15) is 0 Å². The molecule has 2 nitrogen and oxygen atoms in total. The maximum atomic E-state index is 10.2. The molecule has 0 bridgehead atoms. The number of β-lactam (4-membered cyclic amide) rings is 1. The van der Waals surface area contributed by atoms with Gasteiger partial charge in [0.1, 0.15) is 0 Å². The van der Waals surface area contributed by atoms with Crippen molar-refractivity contribution >= 4 is 5.91 Å². The van der Waals surface area contributed by atoms with Gasteiger partial charge in [0.15, 0.2) is 0 Å². The van der Waals surface area contributed by atoms with Crippen LogP contribution in [0.2, 0.25) is 0 Å². The molecule has 0 spiro atoms. The van der Waals surface area contributed by atoms with Crippen LogP contribution < -0.4 is 5.32 Å². The monoisotopic (exact) mass is 109 g/mol. The summed E-state index contributed by atoms with van der Waals surface area (Å²) in [6.07, 6.45) is 6.27. The number of carbonyl (C=O) groups is 1. The molecule has 0 aromatic carbocycles. The maximum absolute atomic E-state index is 10.2. The zero-order valence-corrected chi connectivity index (χ0v) is 4.48. The average molecular weight is 109 g/mol. The van der Waals surface area contributed by atoms with E-state index in [1.165, 1.54) is 0 Å².